The van der Waals surface area contributed by atoms with Crippen LogP contribution in [0.5, 0.6) is 0 Å². The summed E-state index contributed by atoms with van der Waals surface area (Å²) in [6.07, 6.45) is 1.94. The lowest BCUT2D eigenvalue weighted by Gasteiger charge is -2.19. The van der Waals surface area contributed by atoms with Gasteiger partial charge in [-0.15, -0.1) is 0 Å². The molecule has 17 heavy (non-hydrogen) atoms. The Kier molecular flexibility index (Phi) is 1.52. The molecular formula is C13H13FN2O. The first kappa shape index (κ1) is 9.59. The number of hydrogen-bond donors (Lipinski definition) is 1. The zero-order valence-electron chi connectivity index (χ0n) is 9.48. The first-order chi connectivity index (χ1) is 8.27. The van der Waals surface area contributed by atoms with Gasteiger partial charge in [-0.3, -0.25) is 0 Å². The first-order valence-electron chi connectivity index (χ1n) is 5.84. The Bertz CT molecular complexity index is 515. The summed E-state index contributed by atoms with van der Waals surface area (Å²) in [4.78, 5) is 4.79. The average Bonchev–Trinajstić information content (AvgIpc) is 3.01. The summed E-state index contributed by atoms with van der Waals surface area (Å²) in [5.41, 5.74) is 1.50. The number of oxime groups is 1. The maximum Gasteiger partial charge on any atom is 0.123 e. The normalized spacial score (nSPS) is 44.8. The Morgan fingerprint density at radius 3 is 2.94 bits per heavy atom. The van der Waals surface area contributed by atoms with Gasteiger partial charge in [-0.1, -0.05) is 17.3 Å². The van der Waals surface area contributed by atoms with Crippen molar-refractivity contribution in [1.82, 2.24) is 5.32 Å². The van der Waals surface area contributed by atoms with E-state index in [9.17, 15) is 4.39 Å². The molecule has 0 radical (unpaired) electrons. The third kappa shape index (κ3) is 0.835. The second-order valence-electron chi connectivity index (χ2n) is 5.16. The molecule has 1 aromatic carbocycles. The molecule has 1 aromatic rings. The zero-order valence-corrected chi connectivity index (χ0v) is 9.48. The van der Waals surface area contributed by atoms with Gasteiger partial charge in [0.2, 0.25) is 0 Å². The molecular weight excluding hydrogens is 219 g/mol. The molecule has 88 valence electrons. The maximum atomic E-state index is 13.0. The highest BCUT2D eigenvalue weighted by atomic mass is 19.1. The quantitative estimate of drug-likeness (QED) is 0.629. The minimum absolute atomic E-state index is 0.140. The molecule has 4 fully saturated rings. The van der Waals surface area contributed by atoms with Crippen molar-refractivity contribution >= 4 is 6.21 Å². The molecule has 0 amide bonds. The predicted octanol–water partition coefficient (Wildman–Crippen LogP) is 1.30. The fraction of sp³-hybridized carbons (Fsp3) is 0.462. The molecule has 5 rings (SSSR count). The Balaban J connectivity index is 1.72. The number of fused-ring (bicyclic) bond motifs is 1. The lowest BCUT2D eigenvalue weighted by Crippen LogP contribution is -2.24. The third-order valence-electron chi connectivity index (χ3n) is 4.81. The topological polar surface area (TPSA) is 33.6 Å². The second-order valence-corrected chi connectivity index (χ2v) is 5.16. The van der Waals surface area contributed by atoms with Crippen LogP contribution in [0.25, 0.3) is 0 Å². The molecule has 2 aliphatic heterocycles. The number of halogens is 1. The lowest BCUT2D eigenvalue weighted by molar-refractivity contribution is 0.213. The van der Waals surface area contributed by atoms with E-state index in [0.29, 0.717) is 12.0 Å². The maximum absolute atomic E-state index is 13.0. The van der Waals surface area contributed by atoms with E-state index >= 15 is 0 Å². The summed E-state index contributed by atoms with van der Waals surface area (Å²) in [5, 5.41) is 7.43. The summed E-state index contributed by atoms with van der Waals surface area (Å²) in [6.45, 7) is 0.962. The molecule has 2 heterocycles. The molecule has 4 heteroatoms. The van der Waals surface area contributed by atoms with Gasteiger partial charge in [-0.25, -0.2) is 4.39 Å². The molecule has 2 bridgehead atoms. The Labute approximate surface area is 98.6 Å². The van der Waals surface area contributed by atoms with E-state index < -0.39 is 0 Å². The van der Waals surface area contributed by atoms with Crippen LogP contribution >= 0.6 is 0 Å². The van der Waals surface area contributed by atoms with E-state index in [4.69, 9.17) is 4.84 Å². The highest BCUT2D eigenvalue weighted by Crippen LogP contribution is 2.89. The highest BCUT2D eigenvalue weighted by molar-refractivity contribution is 5.88. The summed E-state index contributed by atoms with van der Waals surface area (Å²) in [5.74, 6) is 0.445. The van der Waals surface area contributed by atoms with E-state index in [2.05, 4.69) is 10.5 Å². The second kappa shape index (κ2) is 2.70. The van der Waals surface area contributed by atoms with Gasteiger partial charge in [0, 0.05) is 29.3 Å². The molecule has 4 unspecified atom stereocenters. The molecule has 4 aliphatic rings. The van der Waals surface area contributed by atoms with Crippen molar-refractivity contribution in [3.8, 4) is 0 Å². The van der Waals surface area contributed by atoms with Crippen molar-refractivity contribution in [3.63, 3.8) is 0 Å². The average molecular weight is 232 g/mol. The van der Waals surface area contributed by atoms with Crippen LogP contribution in [-0.4, -0.2) is 25.9 Å². The summed E-state index contributed by atoms with van der Waals surface area (Å²) in [6, 6.07) is 7.42. The third-order valence-corrected chi connectivity index (χ3v) is 4.81. The number of piperidine rings is 1. The number of rotatable bonds is 3. The Morgan fingerprint density at radius 2 is 2.24 bits per heavy atom. The van der Waals surface area contributed by atoms with Crippen molar-refractivity contribution in [1.29, 1.82) is 0 Å². The van der Waals surface area contributed by atoms with Gasteiger partial charge < -0.3 is 10.2 Å². The van der Waals surface area contributed by atoms with Crippen LogP contribution in [0.4, 0.5) is 4.39 Å². The Morgan fingerprint density at radius 1 is 1.47 bits per heavy atom. The van der Waals surface area contributed by atoms with E-state index in [1.807, 2.05) is 18.3 Å². The fourth-order valence-electron chi connectivity index (χ4n) is 4.00. The van der Waals surface area contributed by atoms with Crippen LogP contribution in [0.1, 0.15) is 5.56 Å². The van der Waals surface area contributed by atoms with Crippen LogP contribution < -0.4 is 5.32 Å². The minimum atomic E-state index is -0.179. The van der Waals surface area contributed by atoms with Crippen LogP contribution in [0.3, 0.4) is 0 Å². The molecule has 2 aliphatic carbocycles. The van der Waals surface area contributed by atoms with E-state index in [0.717, 1.165) is 6.54 Å². The summed E-state index contributed by atoms with van der Waals surface area (Å²) < 4.78 is 13.0. The summed E-state index contributed by atoms with van der Waals surface area (Å²) >= 11 is 0. The van der Waals surface area contributed by atoms with Crippen LogP contribution in [-0.2, 0) is 10.3 Å². The monoisotopic (exact) mass is 232 g/mol. The van der Waals surface area contributed by atoms with Crippen LogP contribution in [0, 0.1) is 17.2 Å². The number of nitrogens with one attached hydrogen (secondary N) is 1. The van der Waals surface area contributed by atoms with Crippen molar-refractivity contribution in [2.75, 3.05) is 13.7 Å². The first-order valence-corrected chi connectivity index (χ1v) is 5.84. The van der Waals surface area contributed by atoms with Gasteiger partial charge in [0.1, 0.15) is 12.9 Å². The van der Waals surface area contributed by atoms with Crippen molar-refractivity contribution < 1.29 is 9.23 Å². The van der Waals surface area contributed by atoms with Gasteiger partial charge in [0.15, 0.2) is 0 Å². The highest BCUT2D eigenvalue weighted by Gasteiger charge is 2.98. The number of hydrogen-bond acceptors (Lipinski definition) is 3. The Hall–Kier alpha value is -1.42. The van der Waals surface area contributed by atoms with Gasteiger partial charge in [-0.05, 0) is 17.7 Å². The largest absolute Gasteiger partial charge is 0.399 e. The fourth-order valence-corrected chi connectivity index (χ4v) is 4.00. The molecule has 0 aromatic heterocycles. The molecule has 4 atom stereocenters. The van der Waals surface area contributed by atoms with Gasteiger partial charge in [0.25, 0.3) is 0 Å². The summed E-state index contributed by atoms with van der Waals surface area (Å²) in [7, 11) is 1.56. The predicted molar refractivity (Wildman–Crippen MR) is 61.3 cm³/mol. The zero-order chi connectivity index (χ0) is 11.7. The smallest absolute Gasteiger partial charge is 0.123 e. The molecule has 3 nitrogen and oxygen atoms in total. The minimum Gasteiger partial charge on any atom is -0.399 e. The van der Waals surface area contributed by atoms with Crippen LogP contribution in [0.2, 0.25) is 0 Å². The molecule has 0 spiro atoms. The lowest BCUT2D eigenvalue weighted by atomic mass is 9.83. The standard InChI is InChI=1S/C13H13FN2O/c1-17-16-7-13-10-11(13)15-6-12(10,13)8-2-4-9(14)5-3-8/h2-5,7,10-11,15H,6H2,1H3/b16-7-. The van der Waals surface area contributed by atoms with E-state index in [1.54, 1.807) is 7.11 Å². The van der Waals surface area contributed by atoms with E-state index in [1.165, 1.54) is 17.7 Å². The SMILES string of the molecule is CO/N=C\C12C3NCC1(c1ccc(F)cc1)C32. The number of benzene rings is 1. The van der Waals surface area contributed by atoms with E-state index in [-0.39, 0.29) is 16.6 Å². The van der Waals surface area contributed by atoms with Gasteiger partial charge in [-0.2, -0.15) is 0 Å². The molecule has 2 saturated carbocycles. The van der Waals surface area contributed by atoms with Crippen molar-refractivity contribution in [2.24, 2.45) is 16.5 Å². The van der Waals surface area contributed by atoms with Crippen LogP contribution in [0.15, 0.2) is 29.4 Å². The van der Waals surface area contributed by atoms with Gasteiger partial charge in [0.05, 0.1) is 6.21 Å². The molecule has 2 saturated heterocycles. The van der Waals surface area contributed by atoms with Crippen molar-refractivity contribution in [3.05, 3.63) is 35.6 Å². The number of nitrogens with zero attached hydrogens (tertiary/aromatic N) is 1. The van der Waals surface area contributed by atoms with Gasteiger partial charge >= 0.3 is 0 Å². The van der Waals surface area contributed by atoms with Crippen molar-refractivity contribution in [2.45, 2.75) is 11.5 Å². The molecule has 1 N–H and O–H groups in total.